The van der Waals surface area contributed by atoms with Crippen molar-refractivity contribution in [3.63, 3.8) is 0 Å². The molecule has 0 radical (unpaired) electrons. The quantitative estimate of drug-likeness (QED) is 0.610. The Kier molecular flexibility index (Phi) is 4.66. The minimum atomic E-state index is -0.458. The van der Waals surface area contributed by atoms with Gasteiger partial charge in [0.15, 0.2) is 17.2 Å². The van der Waals surface area contributed by atoms with Crippen molar-refractivity contribution in [2.75, 3.05) is 7.11 Å². The van der Waals surface area contributed by atoms with E-state index in [0.29, 0.717) is 17.4 Å². The minimum Gasteiger partial charge on any atom is -0.493 e. The fourth-order valence-electron chi connectivity index (χ4n) is 2.20. The molecule has 5 nitrogen and oxygen atoms in total. The van der Waals surface area contributed by atoms with Gasteiger partial charge in [-0.05, 0) is 49.1 Å². The molecular weight excluding hydrogens is 326 g/mol. The van der Waals surface area contributed by atoms with Gasteiger partial charge in [0.05, 0.1) is 18.1 Å². The highest BCUT2D eigenvalue weighted by atomic mass is 32.1. The normalized spacial score (nSPS) is 15.6. The molecule has 124 valence electrons. The standard InChI is InChI=1S/C18H17NO4S/c1-11(2)22-15-10-12(6-7-14(15)21-3)9-13-18(20)23-17(19-13)16-5-4-8-24-16/h4-11H,1-3H3. The molecule has 24 heavy (non-hydrogen) atoms. The summed E-state index contributed by atoms with van der Waals surface area (Å²) in [7, 11) is 1.59. The Morgan fingerprint density at radius 3 is 2.75 bits per heavy atom. The van der Waals surface area contributed by atoms with Crippen LogP contribution in [0, 0.1) is 0 Å². The van der Waals surface area contributed by atoms with E-state index in [1.165, 1.54) is 11.3 Å². The van der Waals surface area contributed by atoms with E-state index in [4.69, 9.17) is 14.2 Å². The highest BCUT2D eigenvalue weighted by Crippen LogP contribution is 2.30. The van der Waals surface area contributed by atoms with Gasteiger partial charge in [-0.15, -0.1) is 11.3 Å². The highest BCUT2D eigenvalue weighted by Gasteiger charge is 2.24. The molecule has 3 rings (SSSR count). The van der Waals surface area contributed by atoms with Gasteiger partial charge in [-0.3, -0.25) is 0 Å². The zero-order valence-corrected chi connectivity index (χ0v) is 14.4. The number of nitrogens with zero attached hydrogens (tertiary/aromatic N) is 1. The van der Waals surface area contributed by atoms with Crippen LogP contribution in [0.3, 0.4) is 0 Å². The van der Waals surface area contributed by atoms with E-state index in [2.05, 4.69) is 4.99 Å². The Labute approximate surface area is 144 Å². The number of esters is 1. The molecule has 0 saturated heterocycles. The van der Waals surface area contributed by atoms with E-state index in [-0.39, 0.29) is 11.8 Å². The molecule has 1 aromatic heterocycles. The smallest absolute Gasteiger partial charge is 0.363 e. The van der Waals surface area contributed by atoms with Crippen molar-refractivity contribution in [2.24, 2.45) is 4.99 Å². The van der Waals surface area contributed by atoms with Crippen LogP contribution < -0.4 is 9.47 Å². The van der Waals surface area contributed by atoms with Gasteiger partial charge in [0.2, 0.25) is 5.90 Å². The highest BCUT2D eigenvalue weighted by molar-refractivity contribution is 7.12. The number of aliphatic imine (C=N–C) groups is 1. The van der Waals surface area contributed by atoms with Crippen LogP contribution in [0.15, 0.2) is 46.4 Å². The van der Waals surface area contributed by atoms with Crippen molar-refractivity contribution in [1.29, 1.82) is 0 Å². The molecule has 0 fully saturated rings. The van der Waals surface area contributed by atoms with Gasteiger partial charge in [-0.25, -0.2) is 9.79 Å². The molecule has 1 aliphatic heterocycles. The summed E-state index contributed by atoms with van der Waals surface area (Å²) in [6.07, 6.45) is 1.69. The van der Waals surface area contributed by atoms with Gasteiger partial charge in [0.1, 0.15) is 0 Å². The van der Waals surface area contributed by atoms with Gasteiger partial charge in [0, 0.05) is 0 Å². The van der Waals surface area contributed by atoms with Gasteiger partial charge in [0.25, 0.3) is 0 Å². The second-order valence-corrected chi connectivity index (χ2v) is 6.34. The van der Waals surface area contributed by atoms with Crippen LogP contribution in [0.1, 0.15) is 24.3 Å². The molecule has 0 amide bonds. The number of carbonyl (C=O) groups excluding carboxylic acids is 1. The fraction of sp³-hybridized carbons (Fsp3) is 0.222. The van der Waals surface area contributed by atoms with Crippen molar-refractivity contribution in [1.82, 2.24) is 0 Å². The average molecular weight is 343 g/mol. The SMILES string of the molecule is COc1ccc(C=C2N=C(c3cccs3)OC2=O)cc1OC(C)C. The molecule has 0 atom stereocenters. The Hall–Kier alpha value is -2.60. The van der Waals surface area contributed by atoms with E-state index >= 15 is 0 Å². The van der Waals surface area contributed by atoms with Crippen molar-refractivity contribution >= 4 is 29.3 Å². The molecule has 0 bridgehead atoms. The van der Waals surface area contributed by atoms with E-state index in [1.54, 1.807) is 19.3 Å². The summed E-state index contributed by atoms with van der Waals surface area (Å²) in [6.45, 7) is 3.88. The fourth-order valence-corrected chi connectivity index (χ4v) is 2.85. The van der Waals surface area contributed by atoms with E-state index in [9.17, 15) is 4.79 Å². The van der Waals surface area contributed by atoms with Crippen LogP contribution in [0.2, 0.25) is 0 Å². The average Bonchev–Trinajstić information content (AvgIpc) is 3.17. The zero-order valence-electron chi connectivity index (χ0n) is 13.6. The maximum absolute atomic E-state index is 12.0. The van der Waals surface area contributed by atoms with Gasteiger partial charge in [-0.2, -0.15) is 0 Å². The van der Waals surface area contributed by atoms with Crippen LogP contribution in [0.4, 0.5) is 0 Å². The largest absolute Gasteiger partial charge is 0.493 e. The third kappa shape index (κ3) is 3.49. The third-order valence-electron chi connectivity index (χ3n) is 3.21. The van der Waals surface area contributed by atoms with Crippen molar-refractivity contribution in [3.8, 4) is 11.5 Å². The minimum absolute atomic E-state index is 0.0155. The topological polar surface area (TPSA) is 57.1 Å². The molecule has 0 aliphatic carbocycles. The number of cyclic esters (lactones) is 1. The lowest BCUT2D eigenvalue weighted by Crippen LogP contribution is -2.07. The van der Waals surface area contributed by atoms with Crippen molar-refractivity contribution in [3.05, 3.63) is 51.8 Å². The molecule has 0 unspecified atom stereocenters. The lowest BCUT2D eigenvalue weighted by molar-refractivity contribution is -0.129. The van der Waals surface area contributed by atoms with Gasteiger partial charge >= 0.3 is 5.97 Å². The van der Waals surface area contributed by atoms with Crippen LogP contribution >= 0.6 is 11.3 Å². The first kappa shape index (κ1) is 16.3. The van der Waals surface area contributed by atoms with Crippen LogP contribution in [-0.4, -0.2) is 25.1 Å². The first-order valence-electron chi connectivity index (χ1n) is 7.48. The zero-order chi connectivity index (χ0) is 17.1. The Balaban J connectivity index is 1.92. The first-order valence-corrected chi connectivity index (χ1v) is 8.36. The number of hydrogen-bond acceptors (Lipinski definition) is 6. The van der Waals surface area contributed by atoms with E-state index in [1.807, 2.05) is 43.5 Å². The Morgan fingerprint density at radius 2 is 2.08 bits per heavy atom. The van der Waals surface area contributed by atoms with E-state index in [0.717, 1.165) is 10.4 Å². The van der Waals surface area contributed by atoms with Crippen LogP contribution in [0.25, 0.3) is 6.08 Å². The van der Waals surface area contributed by atoms with Gasteiger partial charge in [-0.1, -0.05) is 12.1 Å². The summed E-state index contributed by atoms with van der Waals surface area (Å²) >= 11 is 1.47. The molecule has 2 heterocycles. The van der Waals surface area contributed by atoms with Crippen molar-refractivity contribution < 1.29 is 19.0 Å². The number of rotatable bonds is 5. The monoisotopic (exact) mass is 343 g/mol. The molecule has 1 aliphatic rings. The van der Waals surface area contributed by atoms with Gasteiger partial charge < -0.3 is 14.2 Å². The Bertz CT molecular complexity index is 806. The number of methoxy groups -OCH3 is 1. The summed E-state index contributed by atoms with van der Waals surface area (Å²) in [5, 5.41) is 1.91. The summed E-state index contributed by atoms with van der Waals surface area (Å²) in [4.78, 5) is 17.1. The Morgan fingerprint density at radius 1 is 1.25 bits per heavy atom. The maximum Gasteiger partial charge on any atom is 0.363 e. The second-order valence-electron chi connectivity index (χ2n) is 5.39. The predicted molar refractivity (Wildman–Crippen MR) is 93.7 cm³/mol. The number of benzene rings is 1. The van der Waals surface area contributed by atoms with E-state index < -0.39 is 5.97 Å². The number of hydrogen-bond donors (Lipinski definition) is 0. The summed E-state index contributed by atoms with van der Waals surface area (Å²) in [5.41, 5.74) is 1.05. The lowest BCUT2D eigenvalue weighted by atomic mass is 10.1. The third-order valence-corrected chi connectivity index (χ3v) is 4.06. The first-order chi connectivity index (χ1) is 11.6. The van der Waals surface area contributed by atoms with Crippen molar-refractivity contribution in [2.45, 2.75) is 20.0 Å². The van der Waals surface area contributed by atoms with Crippen LogP contribution in [-0.2, 0) is 9.53 Å². The summed E-state index contributed by atoms with van der Waals surface area (Å²) < 4.78 is 16.3. The molecule has 6 heteroatoms. The molecule has 1 aromatic carbocycles. The number of ether oxygens (including phenoxy) is 3. The number of carbonyl (C=O) groups is 1. The molecule has 0 saturated carbocycles. The molecule has 2 aromatic rings. The number of thiophene rings is 1. The maximum atomic E-state index is 12.0. The summed E-state index contributed by atoms with van der Waals surface area (Å²) in [6, 6.07) is 9.20. The summed E-state index contributed by atoms with van der Waals surface area (Å²) in [5.74, 6) is 1.15. The predicted octanol–water partition coefficient (Wildman–Crippen LogP) is 3.89. The molecule has 0 spiro atoms. The molecular formula is C18H17NO4S. The molecule has 0 N–H and O–H groups in total. The lowest BCUT2D eigenvalue weighted by Gasteiger charge is -2.13. The second kappa shape index (κ2) is 6.88. The van der Waals surface area contributed by atoms with Crippen LogP contribution in [0.5, 0.6) is 11.5 Å².